The van der Waals surface area contributed by atoms with Crippen molar-refractivity contribution in [1.82, 2.24) is 0 Å². The highest BCUT2D eigenvalue weighted by atomic mass is 32.1. The maximum atomic E-state index is 12.3. The zero-order valence-electron chi connectivity index (χ0n) is 13.4. The number of Topliss-reactive ketones (excluding diaryl/α,β-unsaturated/α-hetero) is 2. The van der Waals surface area contributed by atoms with E-state index in [1.807, 2.05) is 13.8 Å². The molecule has 1 N–H and O–H groups in total. The minimum atomic E-state index is -0.425. The Morgan fingerprint density at radius 2 is 2.00 bits per heavy atom. The number of nitriles is 1. The lowest BCUT2D eigenvalue weighted by atomic mass is 9.75. The van der Waals surface area contributed by atoms with Crippen LogP contribution in [0.1, 0.15) is 54.9 Å². The van der Waals surface area contributed by atoms with Crippen molar-refractivity contribution < 1.29 is 14.7 Å². The van der Waals surface area contributed by atoms with Gasteiger partial charge in [-0.2, -0.15) is 5.26 Å². The number of fused-ring (bicyclic) bond motifs is 1. The molecule has 1 aliphatic rings. The van der Waals surface area contributed by atoms with Crippen LogP contribution in [0.15, 0.2) is 21.7 Å². The van der Waals surface area contributed by atoms with Crippen LogP contribution in [0.5, 0.6) is 0 Å². The molecule has 0 spiro atoms. The summed E-state index contributed by atoms with van der Waals surface area (Å²) in [5.74, 6) is -0.663. The number of carbonyl (C=O) groups excluding carboxylic acids is 2. The Morgan fingerprint density at radius 1 is 1.35 bits per heavy atom. The van der Waals surface area contributed by atoms with Crippen LogP contribution in [-0.4, -0.2) is 16.7 Å². The molecule has 1 aromatic rings. The molecule has 0 aromatic carbocycles. The molecular formula is C16H17N3O3S. The van der Waals surface area contributed by atoms with E-state index in [4.69, 9.17) is 0 Å². The first kappa shape index (κ1) is 17.0. The number of ketones is 2. The first-order valence-corrected chi connectivity index (χ1v) is 7.89. The summed E-state index contributed by atoms with van der Waals surface area (Å²) in [4.78, 5) is 24.2. The Labute approximate surface area is 138 Å². The van der Waals surface area contributed by atoms with Gasteiger partial charge in [-0.1, -0.05) is 13.8 Å². The Morgan fingerprint density at radius 3 is 2.52 bits per heavy atom. The van der Waals surface area contributed by atoms with Crippen LogP contribution in [0.4, 0.5) is 5.00 Å². The Bertz CT molecular complexity index is 790. The van der Waals surface area contributed by atoms with Crippen molar-refractivity contribution in [3.8, 4) is 6.07 Å². The van der Waals surface area contributed by atoms with Gasteiger partial charge in [0, 0.05) is 13.3 Å². The summed E-state index contributed by atoms with van der Waals surface area (Å²) in [6.07, 6.45) is 1.05. The van der Waals surface area contributed by atoms with Crippen LogP contribution in [-0.2, 0) is 11.2 Å². The van der Waals surface area contributed by atoms with Crippen molar-refractivity contribution in [1.29, 1.82) is 5.26 Å². The van der Waals surface area contributed by atoms with Crippen LogP contribution in [0.2, 0.25) is 0 Å². The van der Waals surface area contributed by atoms with E-state index in [1.54, 1.807) is 0 Å². The van der Waals surface area contributed by atoms with Gasteiger partial charge in [0.05, 0.1) is 10.4 Å². The monoisotopic (exact) mass is 331 g/mol. The Hall–Kier alpha value is -2.33. The molecule has 2 rings (SSSR count). The molecule has 0 saturated carbocycles. The number of hydrogen-bond acceptors (Lipinski definition) is 7. The second kappa shape index (κ2) is 6.05. The molecule has 0 radical (unpaired) electrons. The van der Waals surface area contributed by atoms with Crippen molar-refractivity contribution >= 4 is 27.9 Å². The van der Waals surface area contributed by atoms with Crippen LogP contribution >= 0.6 is 11.3 Å². The topological polar surface area (TPSA) is 103 Å². The number of aliphatic hydroxyl groups excluding tert-OH is 1. The van der Waals surface area contributed by atoms with Crippen molar-refractivity contribution in [2.45, 2.75) is 40.5 Å². The zero-order chi connectivity index (χ0) is 17.4. The van der Waals surface area contributed by atoms with E-state index in [1.165, 1.54) is 13.8 Å². The lowest BCUT2D eigenvalue weighted by Crippen LogP contribution is -2.25. The van der Waals surface area contributed by atoms with Crippen LogP contribution in [0.25, 0.3) is 0 Å². The molecule has 120 valence electrons. The summed E-state index contributed by atoms with van der Waals surface area (Å²) in [6, 6.07) is 2.09. The highest BCUT2D eigenvalue weighted by Gasteiger charge is 2.35. The van der Waals surface area contributed by atoms with Gasteiger partial charge >= 0.3 is 0 Å². The molecule has 0 aliphatic heterocycles. The number of aliphatic hydroxyl groups is 1. The Kier molecular flexibility index (Phi) is 4.48. The van der Waals surface area contributed by atoms with Crippen molar-refractivity contribution in [3.63, 3.8) is 0 Å². The van der Waals surface area contributed by atoms with Crippen molar-refractivity contribution in [2.75, 3.05) is 0 Å². The predicted octanol–water partition coefficient (Wildman–Crippen LogP) is 4.24. The summed E-state index contributed by atoms with van der Waals surface area (Å²) in [5.41, 5.74) is 0.680. The van der Waals surface area contributed by atoms with Gasteiger partial charge in [-0.3, -0.25) is 9.59 Å². The van der Waals surface area contributed by atoms with E-state index >= 15 is 0 Å². The molecule has 1 aliphatic carbocycles. The first-order chi connectivity index (χ1) is 10.7. The van der Waals surface area contributed by atoms with Gasteiger partial charge < -0.3 is 5.11 Å². The summed E-state index contributed by atoms with van der Waals surface area (Å²) in [6.45, 7) is 6.58. The lowest BCUT2D eigenvalue weighted by molar-refractivity contribution is -0.113. The van der Waals surface area contributed by atoms with Crippen LogP contribution in [0, 0.1) is 16.7 Å². The fourth-order valence-electron chi connectivity index (χ4n) is 2.58. The molecule has 1 heterocycles. The number of nitrogens with zero attached hydrogens (tertiary/aromatic N) is 3. The molecule has 0 unspecified atom stereocenters. The summed E-state index contributed by atoms with van der Waals surface area (Å²) in [7, 11) is 0. The zero-order valence-corrected chi connectivity index (χ0v) is 14.2. The van der Waals surface area contributed by atoms with Gasteiger partial charge in [-0.15, -0.1) is 21.6 Å². The average Bonchev–Trinajstić information content (AvgIpc) is 2.74. The van der Waals surface area contributed by atoms with E-state index in [2.05, 4.69) is 16.3 Å². The second-order valence-corrected chi connectivity index (χ2v) is 7.33. The first-order valence-electron chi connectivity index (χ1n) is 7.08. The number of azo groups is 1. The maximum absolute atomic E-state index is 12.3. The molecule has 7 heteroatoms. The molecule has 0 bridgehead atoms. The fraction of sp³-hybridized carbons (Fsp3) is 0.438. The molecule has 23 heavy (non-hydrogen) atoms. The van der Waals surface area contributed by atoms with Crippen LogP contribution in [0.3, 0.4) is 0 Å². The quantitative estimate of drug-likeness (QED) is 0.508. The van der Waals surface area contributed by atoms with Gasteiger partial charge in [0.25, 0.3) is 0 Å². The van der Waals surface area contributed by atoms with Crippen LogP contribution < -0.4 is 0 Å². The minimum Gasteiger partial charge on any atom is -0.510 e. The van der Waals surface area contributed by atoms with E-state index in [-0.39, 0.29) is 22.7 Å². The number of rotatable bonds is 3. The summed E-state index contributed by atoms with van der Waals surface area (Å²) in [5, 5.41) is 26.9. The average molecular weight is 331 g/mol. The number of hydrogen-bond donors (Lipinski definition) is 1. The van der Waals surface area contributed by atoms with E-state index < -0.39 is 5.78 Å². The third-order valence-corrected chi connectivity index (χ3v) is 4.72. The molecule has 1 aromatic heterocycles. The van der Waals surface area contributed by atoms with Gasteiger partial charge in [-0.25, -0.2) is 0 Å². The SMILES string of the molecule is CC(=O)/C(N=Nc1sc2c(c1C#N)CC(C)(C)CC2=O)=C(\C)O. The molecule has 0 amide bonds. The molecule has 0 saturated heterocycles. The number of thiophene rings is 1. The third-order valence-electron chi connectivity index (χ3n) is 3.56. The maximum Gasteiger partial charge on any atom is 0.183 e. The second-order valence-electron chi connectivity index (χ2n) is 6.33. The highest BCUT2D eigenvalue weighted by molar-refractivity contribution is 7.18. The van der Waals surface area contributed by atoms with Gasteiger partial charge in [0.2, 0.25) is 0 Å². The van der Waals surface area contributed by atoms with Gasteiger partial charge in [0.15, 0.2) is 22.3 Å². The van der Waals surface area contributed by atoms with Gasteiger partial charge in [-0.05, 0) is 24.3 Å². The normalized spacial score (nSPS) is 17.6. The lowest BCUT2D eigenvalue weighted by Gasteiger charge is -2.28. The fourth-order valence-corrected chi connectivity index (χ4v) is 3.61. The van der Waals surface area contributed by atoms with Gasteiger partial charge in [0.1, 0.15) is 11.8 Å². The van der Waals surface area contributed by atoms with Crippen molar-refractivity contribution in [2.24, 2.45) is 15.6 Å². The molecular weight excluding hydrogens is 314 g/mol. The molecule has 6 nitrogen and oxygen atoms in total. The third kappa shape index (κ3) is 3.37. The van der Waals surface area contributed by atoms with E-state index in [0.717, 1.165) is 11.3 Å². The summed E-state index contributed by atoms with van der Waals surface area (Å²) < 4.78 is 0. The molecule has 0 fully saturated rings. The largest absolute Gasteiger partial charge is 0.510 e. The Balaban J connectivity index is 2.52. The molecule has 0 atom stereocenters. The number of carbonyl (C=O) groups is 2. The minimum absolute atomic E-state index is 0.000118. The van der Waals surface area contributed by atoms with E-state index in [9.17, 15) is 20.0 Å². The standard InChI is InChI=1S/C16H17N3O3S/c1-8(20)13(9(2)21)18-19-15-11(7-17)10-5-16(3,4)6-12(22)14(10)23-15/h20H,5-6H2,1-4H3/b13-8-,19-18?. The number of allylic oxidation sites excluding steroid dienone is 2. The van der Waals surface area contributed by atoms with E-state index in [0.29, 0.717) is 33.8 Å². The van der Waals surface area contributed by atoms with Crippen molar-refractivity contribution in [3.05, 3.63) is 27.5 Å². The smallest absolute Gasteiger partial charge is 0.183 e. The predicted molar refractivity (Wildman–Crippen MR) is 86.0 cm³/mol. The summed E-state index contributed by atoms with van der Waals surface area (Å²) >= 11 is 1.11. The highest BCUT2D eigenvalue weighted by Crippen LogP contribution is 2.44.